The summed E-state index contributed by atoms with van der Waals surface area (Å²) in [6.45, 7) is 2.17. The highest BCUT2D eigenvalue weighted by Crippen LogP contribution is 2.28. The van der Waals surface area contributed by atoms with Gasteiger partial charge in [-0.2, -0.15) is 5.10 Å². The molecule has 2 aliphatic rings. The molecule has 3 N–H and O–H groups in total. The van der Waals surface area contributed by atoms with Crippen LogP contribution < -0.4 is 16.0 Å². The van der Waals surface area contributed by atoms with Gasteiger partial charge in [-0.1, -0.05) is 42.5 Å². The maximum Gasteiger partial charge on any atom is 0.352 e. The first-order valence-electron chi connectivity index (χ1n) is 13.6. The molecule has 0 spiro atoms. The van der Waals surface area contributed by atoms with Gasteiger partial charge in [-0.05, 0) is 48.7 Å². The van der Waals surface area contributed by atoms with Gasteiger partial charge in [-0.15, -0.1) is 0 Å². The second-order valence-electron chi connectivity index (χ2n) is 10.0. The van der Waals surface area contributed by atoms with Crippen LogP contribution in [0.25, 0.3) is 17.1 Å². The number of rotatable bonds is 9. The Morgan fingerprint density at radius 1 is 0.951 bits per heavy atom. The van der Waals surface area contributed by atoms with Gasteiger partial charge < -0.3 is 25.4 Å². The summed E-state index contributed by atoms with van der Waals surface area (Å²) in [5.41, 5.74) is 9.75. The maximum absolute atomic E-state index is 13.7. The lowest BCUT2D eigenvalue weighted by atomic mass is 9.97. The second-order valence-corrected chi connectivity index (χ2v) is 10.0. The van der Waals surface area contributed by atoms with Gasteiger partial charge in [0.15, 0.2) is 5.82 Å². The van der Waals surface area contributed by atoms with Crippen LogP contribution in [0.4, 0.5) is 5.69 Å². The third kappa shape index (κ3) is 5.23. The number of primary amides is 1. The molecule has 10 nitrogen and oxygen atoms in total. The fourth-order valence-electron chi connectivity index (χ4n) is 5.27. The van der Waals surface area contributed by atoms with Crippen LogP contribution in [0.15, 0.2) is 97.7 Å². The van der Waals surface area contributed by atoms with E-state index in [2.05, 4.69) is 39.5 Å². The Hall–Kier alpha value is -5.12. The van der Waals surface area contributed by atoms with E-state index in [0.717, 1.165) is 29.9 Å². The number of carbonyl (C=O) groups is 2. The van der Waals surface area contributed by atoms with Crippen molar-refractivity contribution >= 4 is 17.5 Å². The van der Waals surface area contributed by atoms with E-state index in [4.69, 9.17) is 20.3 Å². The number of nitrogens with one attached hydrogen (secondary N) is 1. The average molecular weight is 551 g/mol. The maximum atomic E-state index is 13.7. The molecule has 2 aromatic heterocycles. The molecule has 1 atom stereocenters. The zero-order valence-corrected chi connectivity index (χ0v) is 22.3. The molecule has 0 radical (unpaired) electrons. The molecule has 1 fully saturated rings. The average Bonchev–Trinajstić information content (AvgIpc) is 3.80. The van der Waals surface area contributed by atoms with Gasteiger partial charge in [0.05, 0.1) is 11.3 Å². The molecular formula is C31H30N6O4. The van der Waals surface area contributed by atoms with Gasteiger partial charge >= 0.3 is 11.7 Å². The quantitative estimate of drug-likeness (QED) is 0.326. The topological polar surface area (TPSA) is 125 Å². The monoisotopic (exact) mass is 550 g/mol. The van der Waals surface area contributed by atoms with Crippen LogP contribution in [-0.2, 0) is 20.7 Å². The molecule has 4 heterocycles. The minimum atomic E-state index is -1.89. The lowest BCUT2D eigenvalue weighted by Gasteiger charge is -2.33. The predicted octanol–water partition coefficient (Wildman–Crippen LogP) is 3.58. The smallest absolute Gasteiger partial charge is 0.352 e. The van der Waals surface area contributed by atoms with Crippen molar-refractivity contribution in [3.63, 3.8) is 0 Å². The molecule has 0 saturated carbocycles. The van der Waals surface area contributed by atoms with E-state index in [9.17, 15) is 9.59 Å². The van der Waals surface area contributed by atoms with Crippen LogP contribution in [0.1, 0.15) is 28.8 Å². The first-order chi connectivity index (χ1) is 20.0. The first kappa shape index (κ1) is 26.1. The standard InChI is InChI=1S/C31H30N6O4/c32-30(39)31(40-19-20-41-31)27(21-22-7-2-1-3-8-22)34-29(38)25-9-6-15-33-28(25)37-18-14-26(35-37)23-10-12-24(13-11-23)36-16-4-5-17-36/h1-3,6-15,18-20,27H,4-5,16-17,21H2,(H2,32,39)(H,34,38). The molecule has 1 unspecified atom stereocenters. The molecule has 0 aliphatic carbocycles. The summed E-state index contributed by atoms with van der Waals surface area (Å²) < 4.78 is 12.7. The Bertz CT molecular complexity index is 1550. The van der Waals surface area contributed by atoms with Gasteiger partial charge in [0.1, 0.15) is 18.6 Å². The van der Waals surface area contributed by atoms with Crippen LogP contribution in [0, 0.1) is 0 Å². The zero-order valence-electron chi connectivity index (χ0n) is 22.3. The largest absolute Gasteiger partial charge is 0.447 e. The lowest BCUT2D eigenvalue weighted by molar-refractivity contribution is -0.182. The number of benzene rings is 2. The number of nitrogens with zero attached hydrogens (tertiary/aromatic N) is 4. The highest BCUT2D eigenvalue weighted by molar-refractivity contribution is 5.98. The van der Waals surface area contributed by atoms with Crippen molar-refractivity contribution in [3.05, 3.63) is 109 Å². The van der Waals surface area contributed by atoms with E-state index in [1.165, 1.54) is 31.1 Å². The predicted molar refractivity (Wildman–Crippen MR) is 153 cm³/mol. The van der Waals surface area contributed by atoms with E-state index in [1.54, 1.807) is 29.2 Å². The lowest BCUT2D eigenvalue weighted by Crippen LogP contribution is -2.61. The Balaban J connectivity index is 1.26. The summed E-state index contributed by atoms with van der Waals surface area (Å²) in [7, 11) is 0. The summed E-state index contributed by atoms with van der Waals surface area (Å²) in [5.74, 6) is -2.90. The van der Waals surface area contributed by atoms with Crippen molar-refractivity contribution in [1.82, 2.24) is 20.1 Å². The number of amides is 2. The van der Waals surface area contributed by atoms with Crippen molar-refractivity contribution in [2.75, 3.05) is 18.0 Å². The molecule has 41 heavy (non-hydrogen) atoms. The van der Waals surface area contributed by atoms with Crippen LogP contribution >= 0.6 is 0 Å². The summed E-state index contributed by atoms with van der Waals surface area (Å²) in [6, 6.07) is 22.0. The molecule has 2 amide bonds. The van der Waals surface area contributed by atoms with Gasteiger partial charge in [0, 0.05) is 43.2 Å². The van der Waals surface area contributed by atoms with Gasteiger partial charge in [0.25, 0.3) is 5.91 Å². The van der Waals surface area contributed by atoms with Gasteiger partial charge in [0.2, 0.25) is 0 Å². The molecule has 10 heteroatoms. The fraction of sp³-hybridized carbons (Fsp3) is 0.226. The number of anilines is 1. The number of nitrogens with two attached hydrogens (primary N) is 1. The molecule has 0 bridgehead atoms. The van der Waals surface area contributed by atoms with Crippen LogP contribution in [0.3, 0.4) is 0 Å². The van der Waals surface area contributed by atoms with Crippen molar-refractivity contribution in [2.24, 2.45) is 5.73 Å². The minimum Gasteiger partial charge on any atom is -0.447 e. The van der Waals surface area contributed by atoms with Crippen LogP contribution in [-0.4, -0.2) is 51.5 Å². The first-order valence-corrected chi connectivity index (χ1v) is 13.6. The minimum absolute atomic E-state index is 0.228. The summed E-state index contributed by atoms with van der Waals surface area (Å²) >= 11 is 0. The summed E-state index contributed by atoms with van der Waals surface area (Å²) in [6.07, 6.45) is 8.52. The number of pyridine rings is 1. The third-order valence-electron chi connectivity index (χ3n) is 7.40. The van der Waals surface area contributed by atoms with Crippen LogP contribution in [0.5, 0.6) is 0 Å². The number of carbonyl (C=O) groups excluding carboxylic acids is 2. The Morgan fingerprint density at radius 2 is 1.68 bits per heavy atom. The van der Waals surface area contributed by atoms with Crippen molar-refractivity contribution in [2.45, 2.75) is 31.1 Å². The molecule has 1 saturated heterocycles. The van der Waals surface area contributed by atoms with E-state index in [1.807, 2.05) is 36.4 Å². The Labute approximate surface area is 237 Å². The highest BCUT2D eigenvalue weighted by atomic mass is 16.7. The number of hydrogen-bond donors (Lipinski definition) is 2. The molecule has 6 rings (SSSR count). The van der Waals surface area contributed by atoms with Crippen molar-refractivity contribution in [3.8, 4) is 17.1 Å². The molecule has 2 aromatic carbocycles. The summed E-state index contributed by atoms with van der Waals surface area (Å²) in [5, 5.41) is 7.63. The van der Waals surface area contributed by atoms with Gasteiger partial charge in [-0.3, -0.25) is 9.59 Å². The highest BCUT2D eigenvalue weighted by Gasteiger charge is 2.51. The fourth-order valence-corrected chi connectivity index (χ4v) is 5.27. The van der Waals surface area contributed by atoms with E-state index < -0.39 is 23.6 Å². The Kier molecular flexibility index (Phi) is 7.11. The number of hydrogen-bond acceptors (Lipinski definition) is 7. The molecule has 4 aromatic rings. The Morgan fingerprint density at radius 3 is 2.39 bits per heavy atom. The molecule has 208 valence electrons. The molecular weight excluding hydrogens is 520 g/mol. The normalized spacial score (nSPS) is 16.1. The third-order valence-corrected chi connectivity index (χ3v) is 7.40. The van der Waals surface area contributed by atoms with Gasteiger partial charge in [-0.25, -0.2) is 9.67 Å². The summed E-state index contributed by atoms with van der Waals surface area (Å²) in [4.78, 5) is 33.1. The van der Waals surface area contributed by atoms with E-state index >= 15 is 0 Å². The second kappa shape index (κ2) is 11.2. The number of ether oxygens (including phenoxy) is 2. The molecule has 2 aliphatic heterocycles. The van der Waals surface area contributed by atoms with E-state index in [0.29, 0.717) is 5.82 Å². The van der Waals surface area contributed by atoms with Crippen LogP contribution in [0.2, 0.25) is 0 Å². The van der Waals surface area contributed by atoms with E-state index in [-0.39, 0.29) is 12.0 Å². The van der Waals surface area contributed by atoms with Crippen molar-refractivity contribution in [1.29, 1.82) is 0 Å². The number of aromatic nitrogens is 3. The van der Waals surface area contributed by atoms with Crippen molar-refractivity contribution < 1.29 is 19.1 Å². The zero-order chi connectivity index (χ0) is 28.2. The SMILES string of the molecule is NC(=O)C1(C(Cc2ccccc2)NC(=O)c2cccnc2-n2ccc(-c3ccc(N4CCCC4)cc3)n2)OC=CO1.